The van der Waals surface area contributed by atoms with Gasteiger partial charge in [0.05, 0.1) is 0 Å². The van der Waals surface area contributed by atoms with Crippen molar-refractivity contribution in [2.24, 2.45) is 5.92 Å². The molecule has 0 bridgehead atoms. The maximum absolute atomic E-state index is 11.8. The van der Waals surface area contributed by atoms with Gasteiger partial charge in [0.15, 0.2) is 5.82 Å². The van der Waals surface area contributed by atoms with Crippen molar-refractivity contribution < 1.29 is 4.79 Å². The van der Waals surface area contributed by atoms with Crippen molar-refractivity contribution in [3.63, 3.8) is 0 Å². The number of nitrogens with two attached hydrogens (primary N) is 1. The lowest BCUT2D eigenvalue weighted by atomic mass is 9.87. The molecule has 4 N–H and O–H groups in total. The van der Waals surface area contributed by atoms with Gasteiger partial charge in [-0.05, 0) is 30.3 Å². The first-order chi connectivity index (χ1) is 8.61. The molecule has 2 atom stereocenters. The molecule has 1 amide bonds. The first kappa shape index (κ1) is 13.1. The summed E-state index contributed by atoms with van der Waals surface area (Å²) in [7, 11) is 1.60. The van der Waals surface area contributed by atoms with E-state index in [0.29, 0.717) is 17.4 Å². The lowest BCUT2D eigenvalue weighted by Gasteiger charge is -2.27. The third kappa shape index (κ3) is 2.75. The number of hydrogen-bond donors (Lipinski definition) is 3. The predicted octanol–water partition coefficient (Wildman–Crippen LogP) is 2.08. The topological polar surface area (TPSA) is 80.0 Å². The standard InChI is InChI=1S/C12H20N4OS/c1-7-4-3-5-8(6-7)15-12-9(11(17)14-2)10(13)16-18-12/h7-8,15H,3-6H2,1-2H3,(H2,13,16)(H,14,17). The molecule has 1 saturated carbocycles. The van der Waals surface area contributed by atoms with Crippen molar-refractivity contribution in [3.05, 3.63) is 5.56 Å². The Labute approximate surface area is 111 Å². The molecule has 5 nitrogen and oxygen atoms in total. The quantitative estimate of drug-likeness (QED) is 0.784. The van der Waals surface area contributed by atoms with E-state index in [2.05, 4.69) is 21.9 Å². The molecule has 2 unspecified atom stereocenters. The Bertz CT molecular complexity index is 432. The maximum Gasteiger partial charge on any atom is 0.257 e. The molecular formula is C12H20N4OS. The molecule has 6 heteroatoms. The second kappa shape index (κ2) is 5.56. The Morgan fingerprint density at radius 3 is 2.94 bits per heavy atom. The number of nitrogens with zero attached hydrogens (tertiary/aromatic N) is 1. The van der Waals surface area contributed by atoms with Gasteiger partial charge in [0.25, 0.3) is 5.91 Å². The minimum absolute atomic E-state index is 0.174. The van der Waals surface area contributed by atoms with Crippen LogP contribution in [0.25, 0.3) is 0 Å². The van der Waals surface area contributed by atoms with E-state index < -0.39 is 0 Å². The van der Waals surface area contributed by atoms with Crippen LogP contribution in [0.3, 0.4) is 0 Å². The van der Waals surface area contributed by atoms with Crippen molar-refractivity contribution >= 4 is 28.3 Å². The van der Waals surface area contributed by atoms with Crippen LogP contribution in [-0.2, 0) is 0 Å². The molecule has 0 saturated heterocycles. The van der Waals surface area contributed by atoms with E-state index in [1.807, 2.05) is 0 Å². The van der Waals surface area contributed by atoms with Crippen molar-refractivity contribution in [1.82, 2.24) is 9.69 Å². The number of carbonyl (C=O) groups is 1. The highest BCUT2D eigenvalue weighted by Crippen LogP contribution is 2.31. The summed E-state index contributed by atoms with van der Waals surface area (Å²) in [6.45, 7) is 2.27. The number of amides is 1. The average molecular weight is 268 g/mol. The molecule has 0 radical (unpaired) electrons. The summed E-state index contributed by atoms with van der Waals surface area (Å²) < 4.78 is 4.07. The number of aromatic nitrogens is 1. The Kier molecular flexibility index (Phi) is 4.06. The minimum Gasteiger partial charge on any atom is -0.382 e. The number of hydrogen-bond acceptors (Lipinski definition) is 5. The fourth-order valence-corrected chi connectivity index (χ4v) is 3.28. The summed E-state index contributed by atoms with van der Waals surface area (Å²) >= 11 is 1.27. The van der Waals surface area contributed by atoms with Crippen molar-refractivity contribution in [2.45, 2.75) is 38.6 Å². The fourth-order valence-electron chi connectivity index (χ4n) is 2.50. The van der Waals surface area contributed by atoms with Gasteiger partial charge in [-0.3, -0.25) is 4.79 Å². The Balaban J connectivity index is 2.11. The van der Waals surface area contributed by atoms with E-state index in [-0.39, 0.29) is 5.91 Å². The highest BCUT2D eigenvalue weighted by molar-refractivity contribution is 7.11. The van der Waals surface area contributed by atoms with Gasteiger partial charge in [0, 0.05) is 13.1 Å². The number of rotatable bonds is 3. The van der Waals surface area contributed by atoms with E-state index >= 15 is 0 Å². The number of anilines is 2. The van der Waals surface area contributed by atoms with Gasteiger partial charge in [-0.25, -0.2) is 0 Å². The van der Waals surface area contributed by atoms with Crippen LogP contribution in [0.1, 0.15) is 43.0 Å². The minimum atomic E-state index is -0.174. The van der Waals surface area contributed by atoms with Crippen LogP contribution in [0.2, 0.25) is 0 Å². The molecule has 1 aliphatic carbocycles. The lowest BCUT2D eigenvalue weighted by molar-refractivity contribution is 0.0965. The molecule has 18 heavy (non-hydrogen) atoms. The summed E-state index contributed by atoms with van der Waals surface area (Å²) in [6, 6.07) is 0.428. The first-order valence-electron chi connectivity index (χ1n) is 6.35. The highest BCUT2D eigenvalue weighted by atomic mass is 32.1. The van der Waals surface area contributed by atoms with E-state index in [1.165, 1.54) is 24.4 Å². The predicted molar refractivity (Wildman–Crippen MR) is 75.0 cm³/mol. The van der Waals surface area contributed by atoms with Crippen LogP contribution >= 0.6 is 11.5 Å². The van der Waals surface area contributed by atoms with Crippen molar-refractivity contribution in [2.75, 3.05) is 18.1 Å². The van der Waals surface area contributed by atoms with Crippen LogP contribution in [0.15, 0.2) is 0 Å². The molecule has 0 aliphatic heterocycles. The number of nitrogen functional groups attached to an aromatic ring is 1. The van der Waals surface area contributed by atoms with Gasteiger partial charge < -0.3 is 16.4 Å². The smallest absolute Gasteiger partial charge is 0.257 e. The van der Waals surface area contributed by atoms with E-state index in [1.54, 1.807) is 7.05 Å². The zero-order chi connectivity index (χ0) is 13.1. The van der Waals surface area contributed by atoms with Gasteiger partial charge in [0.2, 0.25) is 0 Å². The molecule has 0 spiro atoms. The maximum atomic E-state index is 11.8. The zero-order valence-corrected chi connectivity index (χ0v) is 11.6. The molecule has 1 aromatic rings. The summed E-state index contributed by atoms with van der Waals surface area (Å²) in [4.78, 5) is 11.8. The average Bonchev–Trinajstić information content (AvgIpc) is 2.70. The van der Waals surface area contributed by atoms with Crippen LogP contribution in [0.5, 0.6) is 0 Å². The molecular weight excluding hydrogens is 248 g/mol. The van der Waals surface area contributed by atoms with Crippen LogP contribution in [0, 0.1) is 5.92 Å². The van der Waals surface area contributed by atoms with Gasteiger partial charge >= 0.3 is 0 Å². The first-order valence-corrected chi connectivity index (χ1v) is 7.13. The summed E-state index contributed by atoms with van der Waals surface area (Å²) in [6.07, 6.45) is 4.83. The second-order valence-corrected chi connectivity index (χ2v) is 5.74. The number of carbonyl (C=O) groups excluding carboxylic acids is 1. The van der Waals surface area contributed by atoms with Gasteiger partial charge in [-0.2, -0.15) is 4.37 Å². The number of nitrogens with one attached hydrogen (secondary N) is 2. The van der Waals surface area contributed by atoms with Gasteiger partial charge in [-0.1, -0.05) is 19.8 Å². The van der Waals surface area contributed by atoms with Gasteiger partial charge in [-0.15, -0.1) is 0 Å². The largest absolute Gasteiger partial charge is 0.382 e. The van der Waals surface area contributed by atoms with Crippen LogP contribution < -0.4 is 16.4 Å². The summed E-state index contributed by atoms with van der Waals surface area (Å²) in [5.74, 6) is 0.878. The molecule has 1 aliphatic rings. The van der Waals surface area contributed by atoms with Crippen molar-refractivity contribution in [1.29, 1.82) is 0 Å². The summed E-state index contributed by atoms with van der Waals surface area (Å²) in [5.41, 5.74) is 6.24. The highest BCUT2D eigenvalue weighted by Gasteiger charge is 2.23. The molecule has 2 rings (SSSR count). The van der Waals surface area contributed by atoms with Crippen LogP contribution in [-0.4, -0.2) is 23.4 Å². The Hall–Kier alpha value is -1.30. The van der Waals surface area contributed by atoms with Gasteiger partial charge in [0.1, 0.15) is 10.6 Å². The second-order valence-electron chi connectivity index (χ2n) is 4.96. The lowest BCUT2D eigenvalue weighted by Crippen LogP contribution is -2.27. The Morgan fingerprint density at radius 2 is 2.28 bits per heavy atom. The SMILES string of the molecule is CNC(=O)c1c(N)nsc1NC1CCCC(C)C1. The van der Waals surface area contributed by atoms with E-state index in [4.69, 9.17) is 5.73 Å². The fraction of sp³-hybridized carbons (Fsp3) is 0.667. The molecule has 1 aromatic heterocycles. The van der Waals surface area contributed by atoms with Crippen LogP contribution in [0.4, 0.5) is 10.8 Å². The molecule has 0 aromatic carbocycles. The monoisotopic (exact) mass is 268 g/mol. The molecule has 100 valence electrons. The Morgan fingerprint density at radius 1 is 1.50 bits per heavy atom. The zero-order valence-electron chi connectivity index (χ0n) is 10.8. The normalized spacial score (nSPS) is 23.7. The molecule has 1 heterocycles. The molecule has 1 fully saturated rings. The van der Waals surface area contributed by atoms with E-state index in [9.17, 15) is 4.79 Å². The third-order valence-corrected chi connectivity index (χ3v) is 4.24. The van der Waals surface area contributed by atoms with Crippen molar-refractivity contribution in [3.8, 4) is 0 Å². The third-order valence-electron chi connectivity index (χ3n) is 3.44. The summed E-state index contributed by atoms with van der Waals surface area (Å²) in [5, 5.41) is 6.83. The van der Waals surface area contributed by atoms with E-state index in [0.717, 1.165) is 23.8 Å².